The molecule has 1 fully saturated rings. The van der Waals surface area contributed by atoms with E-state index in [-0.39, 0.29) is 11.8 Å². The first-order valence-corrected chi connectivity index (χ1v) is 11.2. The summed E-state index contributed by atoms with van der Waals surface area (Å²) >= 11 is 0. The predicted molar refractivity (Wildman–Crippen MR) is 127 cm³/mol. The molecule has 0 spiro atoms. The monoisotopic (exact) mass is 452 g/mol. The van der Waals surface area contributed by atoms with Crippen molar-refractivity contribution in [2.24, 2.45) is 11.8 Å². The van der Waals surface area contributed by atoms with E-state index >= 15 is 0 Å². The van der Waals surface area contributed by atoms with Crippen molar-refractivity contribution < 1.29 is 19.1 Å². The number of fused-ring (bicyclic) bond motifs is 1. The quantitative estimate of drug-likeness (QED) is 0.468. The van der Waals surface area contributed by atoms with Crippen molar-refractivity contribution in [3.8, 4) is 5.75 Å². The van der Waals surface area contributed by atoms with Crippen LogP contribution in [-0.2, 0) is 9.59 Å². The van der Waals surface area contributed by atoms with Crippen molar-refractivity contribution in [3.63, 3.8) is 0 Å². The fourth-order valence-electron chi connectivity index (χ4n) is 4.95. The average molecular weight is 453 g/mol. The number of ether oxygens (including phenoxy) is 1. The second-order valence-electron chi connectivity index (χ2n) is 8.49. The largest absolute Gasteiger partial charge is 0.497 e. The second kappa shape index (κ2) is 8.98. The lowest BCUT2D eigenvalue weighted by molar-refractivity contribution is -0.142. The summed E-state index contributed by atoms with van der Waals surface area (Å²) in [5.74, 6) is -2.44. The van der Waals surface area contributed by atoms with Crippen LogP contribution in [0.4, 0.5) is 0 Å². The molecular formula is C28H24N2O4. The van der Waals surface area contributed by atoms with E-state index in [0.29, 0.717) is 11.3 Å². The van der Waals surface area contributed by atoms with Gasteiger partial charge in [-0.15, -0.1) is 0 Å². The molecule has 1 heterocycles. The Morgan fingerprint density at radius 2 is 1.21 bits per heavy atom. The molecule has 6 heteroatoms. The van der Waals surface area contributed by atoms with Crippen LogP contribution in [0.1, 0.15) is 33.3 Å². The normalized spacial score (nSPS) is 23.5. The van der Waals surface area contributed by atoms with E-state index in [0.717, 1.165) is 16.1 Å². The minimum Gasteiger partial charge on any atom is -0.497 e. The zero-order valence-electron chi connectivity index (χ0n) is 18.6. The van der Waals surface area contributed by atoms with Gasteiger partial charge in [0, 0.05) is 17.4 Å². The molecule has 1 aliphatic heterocycles. The SMILES string of the molecule is COc1ccc(C(=O)NN2C(=O)[C@@H]3[C@@H](C2=O)[C@@H](c2ccccc2)C=C[C@@H]3c2ccccc2)cc1. The third-order valence-corrected chi connectivity index (χ3v) is 6.63. The molecule has 1 saturated heterocycles. The lowest BCUT2D eigenvalue weighted by Crippen LogP contribution is -2.46. The van der Waals surface area contributed by atoms with Crippen molar-refractivity contribution in [1.82, 2.24) is 10.4 Å². The minimum atomic E-state index is -0.610. The fourth-order valence-corrected chi connectivity index (χ4v) is 4.95. The highest BCUT2D eigenvalue weighted by molar-refractivity contribution is 6.09. The first kappa shape index (κ1) is 21.6. The number of nitrogens with zero attached hydrogens (tertiary/aromatic N) is 1. The van der Waals surface area contributed by atoms with Crippen molar-refractivity contribution in [3.05, 3.63) is 114 Å². The highest BCUT2D eigenvalue weighted by Crippen LogP contribution is 2.48. The van der Waals surface area contributed by atoms with Crippen LogP contribution in [0.25, 0.3) is 0 Å². The third-order valence-electron chi connectivity index (χ3n) is 6.63. The van der Waals surface area contributed by atoms with Gasteiger partial charge in [-0.05, 0) is 35.4 Å². The van der Waals surface area contributed by atoms with Crippen molar-refractivity contribution in [1.29, 1.82) is 0 Å². The lowest BCUT2D eigenvalue weighted by atomic mass is 9.68. The van der Waals surface area contributed by atoms with Crippen molar-refractivity contribution in [2.75, 3.05) is 7.11 Å². The van der Waals surface area contributed by atoms with Crippen LogP contribution in [0.15, 0.2) is 97.1 Å². The van der Waals surface area contributed by atoms with E-state index in [1.54, 1.807) is 31.4 Å². The topological polar surface area (TPSA) is 75.7 Å². The van der Waals surface area contributed by atoms with Gasteiger partial charge in [-0.1, -0.05) is 72.8 Å². The van der Waals surface area contributed by atoms with Gasteiger partial charge in [0.25, 0.3) is 17.7 Å². The summed E-state index contributed by atoms with van der Waals surface area (Å²) in [4.78, 5) is 40.1. The van der Waals surface area contributed by atoms with E-state index in [9.17, 15) is 14.4 Å². The number of rotatable bonds is 5. The Morgan fingerprint density at radius 3 is 1.65 bits per heavy atom. The van der Waals surface area contributed by atoms with Crippen LogP contribution in [0, 0.1) is 11.8 Å². The molecule has 3 aromatic rings. The summed E-state index contributed by atoms with van der Waals surface area (Å²) in [5, 5.41) is 0.917. The number of allylic oxidation sites excluding steroid dienone is 2. The molecule has 1 aliphatic carbocycles. The first-order valence-electron chi connectivity index (χ1n) is 11.2. The second-order valence-corrected chi connectivity index (χ2v) is 8.49. The fraction of sp³-hybridized carbons (Fsp3) is 0.179. The van der Waals surface area contributed by atoms with E-state index in [2.05, 4.69) is 5.43 Å². The number of benzene rings is 3. The Balaban J connectivity index is 1.49. The van der Waals surface area contributed by atoms with Crippen molar-refractivity contribution in [2.45, 2.75) is 11.8 Å². The maximum Gasteiger partial charge on any atom is 0.270 e. The standard InChI is InChI=1S/C28H24N2O4/c1-34-21-14-12-20(13-15-21)26(31)29-30-27(32)24-22(18-8-4-2-5-9-18)16-17-23(25(24)28(30)33)19-10-6-3-7-11-19/h2-17,22-25H,1H3,(H,29,31)/t22-,23-,24+,25+/m1/s1. The number of methoxy groups -OCH3 is 1. The molecule has 34 heavy (non-hydrogen) atoms. The van der Waals surface area contributed by atoms with Crippen LogP contribution in [-0.4, -0.2) is 29.8 Å². The van der Waals surface area contributed by atoms with E-state index in [1.165, 1.54) is 0 Å². The third kappa shape index (κ3) is 3.77. The average Bonchev–Trinajstić information content (AvgIpc) is 3.14. The van der Waals surface area contributed by atoms with Gasteiger partial charge in [0.1, 0.15) is 5.75 Å². The Labute approximate surface area is 197 Å². The molecule has 1 N–H and O–H groups in total. The molecule has 6 nitrogen and oxygen atoms in total. The molecule has 3 aromatic carbocycles. The molecule has 3 amide bonds. The zero-order valence-corrected chi connectivity index (χ0v) is 18.6. The highest BCUT2D eigenvalue weighted by atomic mass is 16.5. The summed E-state index contributed by atoms with van der Waals surface area (Å²) in [5.41, 5.74) is 4.81. The summed E-state index contributed by atoms with van der Waals surface area (Å²) < 4.78 is 5.13. The lowest BCUT2D eigenvalue weighted by Gasteiger charge is -2.32. The van der Waals surface area contributed by atoms with Gasteiger partial charge in [0.05, 0.1) is 18.9 Å². The summed E-state index contributed by atoms with van der Waals surface area (Å²) in [6.07, 6.45) is 4.04. The minimum absolute atomic E-state index is 0.259. The van der Waals surface area contributed by atoms with Gasteiger partial charge in [-0.3, -0.25) is 19.8 Å². The van der Waals surface area contributed by atoms with Gasteiger partial charge in [-0.25, -0.2) is 0 Å². The molecule has 5 rings (SSSR count). The van der Waals surface area contributed by atoms with Gasteiger partial charge in [0.15, 0.2) is 0 Å². The highest BCUT2D eigenvalue weighted by Gasteiger charge is 2.55. The molecule has 0 radical (unpaired) electrons. The molecule has 0 saturated carbocycles. The van der Waals surface area contributed by atoms with Gasteiger partial charge >= 0.3 is 0 Å². The van der Waals surface area contributed by atoms with Crippen molar-refractivity contribution >= 4 is 17.7 Å². The maximum absolute atomic E-state index is 13.6. The molecule has 0 aromatic heterocycles. The summed E-state index contributed by atoms with van der Waals surface area (Å²) in [6, 6.07) is 25.9. The Hall–Kier alpha value is -4.19. The van der Waals surface area contributed by atoms with E-state index < -0.39 is 29.6 Å². The number of hydrazine groups is 1. The number of hydrogen-bond acceptors (Lipinski definition) is 4. The Bertz CT molecular complexity index is 1170. The molecule has 0 unspecified atom stereocenters. The summed E-state index contributed by atoms with van der Waals surface area (Å²) in [6.45, 7) is 0. The number of hydrogen-bond donors (Lipinski definition) is 1. The number of carbonyl (C=O) groups is 3. The molecule has 170 valence electrons. The van der Waals surface area contributed by atoms with Gasteiger partial charge in [0.2, 0.25) is 0 Å². The molecule has 4 atom stereocenters. The summed E-state index contributed by atoms with van der Waals surface area (Å²) in [7, 11) is 1.54. The number of imide groups is 1. The number of amides is 3. The van der Waals surface area contributed by atoms with Gasteiger partial charge in [-0.2, -0.15) is 5.01 Å². The van der Waals surface area contributed by atoms with Gasteiger partial charge < -0.3 is 4.74 Å². The van der Waals surface area contributed by atoms with Crippen LogP contribution >= 0.6 is 0 Å². The Morgan fingerprint density at radius 1 is 0.735 bits per heavy atom. The van der Waals surface area contributed by atoms with Crippen LogP contribution < -0.4 is 10.2 Å². The van der Waals surface area contributed by atoms with E-state index in [1.807, 2.05) is 72.8 Å². The number of nitrogens with one attached hydrogen (secondary N) is 1. The molecule has 0 bridgehead atoms. The predicted octanol–water partition coefficient (Wildman–Crippen LogP) is 4.08. The molecular weight excluding hydrogens is 428 g/mol. The van der Waals surface area contributed by atoms with E-state index in [4.69, 9.17) is 4.74 Å². The zero-order chi connectivity index (χ0) is 23.7. The maximum atomic E-state index is 13.6. The smallest absolute Gasteiger partial charge is 0.270 e. The first-order chi connectivity index (χ1) is 16.6. The molecule has 2 aliphatic rings. The van der Waals surface area contributed by atoms with Crippen LogP contribution in [0.3, 0.4) is 0 Å². The van der Waals surface area contributed by atoms with Crippen LogP contribution in [0.2, 0.25) is 0 Å². The van der Waals surface area contributed by atoms with Crippen LogP contribution in [0.5, 0.6) is 5.75 Å². The Kier molecular flexibility index (Phi) is 5.72. The number of carbonyl (C=O) groups excluding carboxylic acids is 3.